The average Bonchev–Trinajstić information content (AvgIpc) is 3.13. The fourth-order valence-corrected chi connectivity index (χ4v) is 1.87. The van der Waals surface area contributed by atoms with E-state index in [-0.39, 0.29) is 0 Å². The number of guanidine groups is 1. The summed E-state index contributed by atoms with van der Waals surface area (Å²) in [5.74, 6) is 2.58. The molecular weight excluding hydrogens is 254 g/mol. The molecule has 0 saturated heterocycles. The Balaban J connectivity index is 1.74. The first-order valence-corrected chi connectivity index (χ1v) is 7.39. The number of hydrogen-bond acceptors (Lipinski definition) is 3. The quantitative estimate of drug-likeness (QED) is 0.450. The van der Waals surface area contributed by atoms with Crippen LogP contribution in [0.4, 0.5) is 0 Å². The summed E-state index contributed by atoms with van der Waals surface area (Å²) in [4.78, 5) is 6.66. The van der Waals surface area contributed by atoms with Gasteiger partial charge in [0.25, 0.3) is 0 Å². The van der Waals surface area contributed by atoms with E-state index in [1.807, 2.05) is 19.2 Å². The van der Waals surface area contributed by atoms with Crippen molar-refractivity contribution in [2.45, 2.75) is 26.3 Å². The van der Waals surface area contributed by atoms with Gasteiger partial charge < -0.3 is 19.4 Å². The SMILES string of the molecule is CCNC(=NCc1ccco1)N(C)CCOCC1CC1. The van der Waals surface area contributed by atoms with Gasteiger partial charge in [-0.1, -0.05) is 0 Å². The van der Waals surface area contributed by atoms with Crippen LogP contribution in [0.2, 0.25) is 0 Å². The second kappa shape index (κ2) is 7.94. The van der Waals surface area contributed by atoms with E-state index in [9.17, 15) is 0 Å². The molecule has 1 heterocycles. The summed E-state index contributed by atoms with van der Waals surface area (Å²) in [6.45, 7) is 5.98. The lowest BCUT2D eigenvalue weighted by Crippen LogP contribution is -2.40. The Morgan fingerprint density at radius 3 is 3.05 bits per heavy atom. The Hall–Kier alpha value is -1.49. The minimum absolute atomic E-state index is 0.558. The Morgan fingerprint density at radius 2 is 2.40 bits per heavy atom. The van der Waals surface area contributed by atoms with E-state index in [1.165, 1.54) is 12.8 Å². The second-order valence-corrected chi connectivity index (χ2v) is 5.19. The smallest absolute Gasteiger partial charge is 0.194 e. The first kappa shape index (κ1) is 14.9. The number of nitrogens with one attached hydrogen (secondary N) is 1. The van der Waals surface area contributed by atoms with E-state index in [4.69, 9.17) is 9.15 Å². The summed E-state index contributed by atoms with van der Waals surface area (Å²) in [6, 6.07) is 3.82. The Kier molecular flexibility index (Phi) is 5.92. The topological polar surface area (TPSA) is 50.0 Å². The molecule has 1 aliphatic carbocycles. The van der Waals surface area contributed by atoms with Crippen molar-refractivity contribution >= 4 is 5.96 Å². The molecule has 0 aliphatic heterocycles. The van der Waals surface area contributed by atoms with Crippen molar-refractivity contribution in [3.63, 3.8) is 0 Å². The van der Waals surface area contributed by atoms with E-state index in [2.05, 4.69) is 22.1 Å². The zero-order chi connectivity index (χ0) is 14.2. The van der Waals surface area contributed by atoms with Crippen molar-refractivity contribution in [1.29, 1.82) is 0 Å². The van der Waals surface area contributed by atoms with Crippen LogP contribution in [0.15, 0.2) is 27.8 Å². The molecule has 1 fully saturated rings. The van der Waals surface area contributed by atoms with Crippen LogP contribution < -0.4 is 5.32 Å². The minimum atomic E-state index is 0.558. The standard InChI is InChI=1S/C15H25N3O2/c1-3-16-15(17-11-14-5-4-9-20-14)18(2)8-10-19-12-13-6-7-13/h4-5,9,13H,3,6-8,10-12H2,1-2H3,(H,16,17). The second-order valence-electron chi connectivity index (χ2n) is 5.19. The van der Waals surface area contributed by atoms with Gasteiger partial charge in [-0.15, -0.1) is 0 Å². The van der Waals surface area contributed by atoms with Gasteiger partial charge in [-0.2, -0.15) is 0 Å². The van der Waals surface area contributed by atoms with Gasteiger partial charge in [0.2, 0.25) is 0 Å². The third-order valence-electron chi connectivity index (χ3n) is 3.28. The van der Waals surface area contributed by atoms with Crippen LogP contribution in [-0.2, 0) is 11.3 Å². The lowest BCUT2D eigenvalue weighted by atomic mass is 10.4. The highest BCUT2D eigenvalue weighted by Gasteiger charge is 2.21. The van der Waals surface area contributed by atoms with Crippen molar-refractivity contribution in [3.8, 4) is 0 Å². The van der Waals surface area contributed by atoms with Gasteiger partial charge in [-0.3, -0.25) is 0 Å². The summed E-state index contributed by atoms with van der Waals surface area (Å²) < 4.78 is 11.0. The molecule has 5 nitrogen and oxygen atoms in total. The normalized spacial score (nSPS) is 15.4. The molecule has 1 saturated carbocycles. The third-order valence-corrected chi connectivity index (χ3v) is 3.28. The summed E-state index contributed by atoms with van der Waals surface area (Å²) in [6.07, 6.45) is 4.35. The molecule has 1 aromatic heterocycles. The van der Waals surface area contributed by atoms with Crippen LogP contribution in [0, 0.1) is 5.92 Å². The minimum Gasteiger partial charge on any atom is -0.467 e. The highest BCUT2D eigenvalue weighted by atomic mass is 16.5. The molecule has 0 aromatic carbocycles. The first-order valence-electron chi connectivity index (χ1n) is 7.39. The van der Waals surface area contributed by atoms with Gasteiger partial charge in [0.05, 0.1) is 12.9 Å². The van der Waals surface area contributed by atoms with Crippen LogP contribution in [0.3, 0.4) is 0 Å². The highest BCUT2D eigenvalue weighted by molar-refractivity contribution is 5.79. The average molecular weight is 279 g/mol. The Bertz CT molecular complexity index is 399. The molecule has 0 unspecified atom stereocenters. The van der Waals surface area contributed by atoms with E-state index in [0.29, 0.717) is 6.54 Å². The van der Waals surface area contributed by atoms with Crippen LogP contribution in [0.1, 0.15) is 25.5 Å². The number of furan rings is 1. The predicted octanol–water partition coefficient (Wildman–Crippen LogP) is 2.10. The first-order chi connectivity index (χ1) is 9.79. The van der Waals surface area contributed by atoms with Gasteiger partial charge >= 0.3 is 0 Å². The molecule has 5 heteroatoms. The van der Waals surface area contributed by atoms with Crippen LogP contribution in [-0.4, -0.2) is 44.2 Å². The number of rotatable bonds is 8. The number of nitrogens with zero attached hydrogens (tertiary/aromatic N) is 2. The molecule has 1 aliphatic rings. The summed E-state index contributed by atoms with van der Waals surface area (Å²) in [5.41, 5.74) is 0. The number of ether oxygens (including phenoxy) is 1. The van der Waals surface area contributed by atoms with Crippen molar-refractivity contribution in [2.24, 2.45) is 10.9 Å². The monoisotopic (exact) mass is 279 g/mol. The van der Waals surface area contributed by atoms with Crippen LogP contribution in [0.25, 0.3) is 0 Å². The molecule has 0 amide bonds. The van der Waals surface area contributed by atoms with Gasteiger partial charge in [-0.25, -0.2) is 4.99 Å². The summed E-state index contributed by atoms with van der Waals surface area (Å²) in [5, 5.41) is 3.29. The molecule has 112 valence electrons. The molecular formula is C15H25N3O2. The van der Waals surface area contributed by atoms with Crippen molar-refractivity contribution < 1.29 is 9.15 Å². The Labute approximate surface area is 121 Å². The maximum absolute atomic E-state index is 5.66. The van der Waals surface area contributed by atoms with Gasteiger partial charge in [0.1, 0.15) is 12.3 Å². The van der Waals surface area contributed by atoms with Crippen LogP contribution >= 0.6 is 0 Å². The lowest BCUT2D eigenvalue weighted by Gasteiger charge is -2.21. The third kappa shape index (κ3) is 5.25. The molecule has 0 bridgehead atoms. The molecule has 0 atom stereocenters. The van der Waals surface area contributed by atoms with Gasteiger partial charge in [-0.05, 0) is 37.8 Å². The van der Waals surface area contributed by atoms with Crippen molar-refractivity contribution in [2.75, 3.05) is 33.4 Å². The number of hydrogen-bond donors (Lipinski definition) is 1. The Morgan fingerprint density at radius 1 is 1.55 bits per heavy atom. The van der Waals surface area contributed by atoms with E-state index >= 15 is 0 Å². The molecule has 0 radical (unpaired) electrons. The van der Waals surface area contributed by atoms with Crippen molar-refractivity contribution in [3.05, 3.63) is 24.2 Å². The van der Waals surface area contributed by atoms with Gasteiger partial charge in [0.15, 0.2) is 5.96 Å². The zero-order valence-electron chi connectivity index (χ0n) is 12.5. The highest BCUT2D eigenvalue weighted by Crippen LogP contribution is 2.28. The van der Waals surface area contributed by atoms with E-state index in [1.54, 1.807) is 6.26 Å². The van der Waals surface area contributed by atoms with E-state index < -0.39 is 0 Å². The molecule has 20 heavy (non-hydrogen) atoms. The molecule has 1 aromatic rings. The van der Waals surface area contributed by atoms with Gasteiger partial charge in [0, 0.05) is 26.7 Å². The molecule has 0 spiro atoms. The fraction of sp³-hybridized carbons (Fsp3) is 0.667. The lowest BCUT2D eigenvalue weighted by molar-refractivity contribution is 0.115. The number of likely N-dealkylation sites (N-methyl/N-ethyl adjacent to an activating group) is 1. The fourth-order valence-electron chi connectivity index (χ4n) is 1.87. The zero-order valence-corrected chi connectivity index (χ0v) is 12.5. The van der Waals surface area contributed by atoms with Crippen LogP contribution in [0.5, 0.6) is 0 Å². The predicted molar refractivity (Wildman–Crippen MR) is 79.7 cm³/mol. The number of aliphatic imine (C=N–C) groups is 1. The molecule has 1 N–H and O–H groups in total. The largest absolute Gasteiger partial charge is 0.467 e. The maximum atomic E-state index is 5.66. The summed E-state index contributed by atoms with van der Waals surface area (Å²) >= 11 is 0. The van der Waals surface area contributed by atoms with Crippen molar-refractivity contribution in [1.82, 2.24) is 10.2 Å². The molecule has 2 rings (SSSR count). The summed E-state index contributed by atoms with van der Waals surface area (Å²) in [7, 11) is 2.03. The van der Waals surface area contributed by atoms with E-state index in [0.717, 1.165) is 43.9 Å². The maximum Gasteiger partial charge on any atom is 0.194 e.